The van der Waals surface area contributed by atoms with E-state index in [0.717, 1.165) is 51.4 Å². The van der Waals surface area contributed by atoms with Crippen molar-refractivity contribution in [2.24, 2.45) is 7.05 Å². The standard InChI is InChI=1S/C23H29N7O/c1-6-10-31-23-17(8-7-9-24-23)20-18(14(2)3)21(22-19(27-20)15(4)28-29-22)25-11-16-12-30(5)13-26-16/h7-9,12-14H,6,10-11H2,1-5H3,(H,25,27)(H,28,29). The fraction of sp³-hybridized carbons (Fsp3) is 0.391. The molecular weight excluding hydrogens is 390 g/mol. The van der Waals surface area contributed by atoms with Gasteiger partial charge in [0.15, 0.2) is 0 Å². The van der Waals surface area contributed by atoms with E-state index in [9.17, 15) is 0 Å². The van der Waals surface area contributed by atoms with Crippen LogP contribution in [0.25, 0.3) is 22.3 Å². The van der Waals surface area contributed by atoms with Gasteiger partial charge in [-0.1, -0.05) is 20.8 Å². The number of fused-ring (bicyclic) bond motifs is 1. The highest BCUT2D eigenvalue weighted by molar-refractivity contribution is 5.95. The topological polar surface area (TPSA) is 93.5 Å². The summed E-state index contributed by atoms with van der Waals surface area (Å²) >= 11 is 0. The van der Waals surface area contributed by atoms with Crippen molar-refractivity contribution in [2.75, 3.05) is 11.9 Å². The Balaban J connectivity index is 1.90. The first-order valence-electron chi connectivity index (χ1n) is 10.7. The summed E-state index contributed by atoms with van der Waals surface area (Å²) < 4.78 is 7.91. The predicted molar refractivity (Wildman–Crippen MR) is 122 cm³/mol. The zero-order chi connectivity index (χ0) is 22.0. The maximum absolute atomic E-state index is 5.96. The number of hydrogen-bond acceptors (Lipinski definition) is 6. The van der Waals surface area contributed by atoms with E-state index in [1.54, 1.807) is 12.5 Å². The van der Waals surface area contributed by atoms with Gasteiger partial charge in [-0.25, -0.2) is 15.0 Å². The number of aromatic amines is 1. The number of hydrogen-bond donors (Lipinski definition) is 2. The molecule has 8 nitrogen and oxygen atoms in total. The first-order chi connectivity index (χ1) is 15.0. The van der Waals surface area contributed by atoms with Gasteiger partial charge in [0.2, 0.25) is 5.88 Å². The molecule has 0 unspecified atom stereocenters. The van der Waals surface area contributed by atoms with Crippen LogP contribution in [0.4, 0.5) is 5.69 Å². The Hall–Kier alpha value is -3.42. The summed E-state index contributed by atoms with van der Waals surface area (Å²) in [4.78, 5) is 14.0. The Labute approximate surface area is 182 Å². The smallest absolute Gasteiger partial charge is 0.222 e. The maximum Gasteiger partial charge on any atom is 0.222 e. The summed E-state index contributed by atoms with van der Waals surface area (Å²) in [6.45, 7) is 9.61. The number of aryl methyl sites for hydroxylation is 2. The highest BCUT2D eigenvalue weighted by Crippen LogP contribution is 2.40. The summed E-state index contributed by atoms with van der Waals surface area (Å²) in [7, 11) is 1.97. The van der Waals surface area contributed by atoms with Crippen molar-refractivity contribution in [3.8, 4) is 17.1 Å². The Morgan fingerprint density at radius 1 is 1.23 bits per heavy atom. The van der Waals surface area contributed by atoms with Gasteiger partial charge >= 0.3 is 0 Å². The van der Waals surface area contributed by atoms with E-state index >= 15 is 0 Å². The Bertz CT molecular complexity index is 1190. The molecule has 162 valence electrons. The van der Waals surface area contributed by atoms with Crippen LogP contribution >= 0.6 is 0 Å². The third kappa shape index (κ3) is 4.10. The lowest BCUT2D eigenvalue weighted by atomic mass is 9.94. The van der Waals surface area contributed by atoms with Crippen LogP contribution < -0.4 is 10.1 Å². The Morgan fingerprint density at radius 3 is 2.77 bits per heavy atom. The number of anilines is 1. The second kappa shape index (κ2) is 8.75. The van der Waals surface area contributed by atoms with Crippen molar-refractivity contribution >= 4 is 16.7 Å². The quantitative estimate of drug-likeness (QED) is 0.434. The van der Waals surface area contributed by atoms with Crippen molar-refractivity contribution in [2.45, 2.75) is 46.6 Å². The molecular formula is C23H29N7O. The number of nitrogens with zero attached hydrogens (tertiary/aromatic N) is 5. The molecule has 0 amide bonds. The average molecular weight is 420 g/mol. The van der Waals surface area contributed by atoms with Gasteiger partial charge in [0.05, 0.1) is 47.8 Å². The summed E-state index contributed by atoms with van der Waals surface area (Å²) in [5, 5.41) is 11.3. The first kappa shape index (κ1) is 20.8. The van der Waals surface area contributed by atoms with Gasteiger partial charge in [-0.3, -0.25) is 5.10 Å². The van der Waals surface area contributed by atoms with Gasteiger partial charge in [0, 0.05) is 25.0 Å². The fourth-order valence-corrected chi connectivity index (χ4v) is 3.72. The maximum atomic E-state index is 5.96. The van der Waals surface area contributed by atoms with E-state index in [1.165, 1.54) is 0 Å². The molecule has 0 fully saturated rings. The number of imidazole rings is 1. The Morgan fingerprint density at radius 2 is 2.06 bits per heavy atom. The molecule has 4 aromatic rings. The molecule has 0 saturated carbocycles. The SMILES string of the molecule is CCCOc1ncccc1-c1nc2c(C)[nH]nc2c(NCc2cn(C)cn2)c1C(C)C. The summed E-state index contributed by atoms with van der Waals surface area (Å²) in [5.74, 6) is 0.810. The van der Waals surface area contributed by atoms with E-state index in [2.05, 4.69) is 46.3 Å². The van der Waals surface area contributed by atoms with Crippen LogP contribution in [0.5, 0.6) is 5.88 Å². The zero-order valence-electron chi connectivity index (χ0n) is 18.7. The second-order valence-corrected chi connectivity index (χ2v) is 8.04. The molecule has 0 atom stereocenters. The number of rotatable bonds is 8. The van der Waals surface area contributed by atoms with Crippen LogP contribution in [-0.2, 0) is 13.6 Å². The highest BCUT2D eigenvalue weighted by atomic mass is 16.5. The molecule has 0 saturated heterocycles. The fourth-order valence-electron chi connectivity index (χ4n) is 3.72. The van der Waals surface area contributed by atoms with Crippen molar-refractivity contribution in [3.63, 3.8) is 0 Å². The first-order valence-corrected chi connectivity index (χ1v) is 10.7. The molecule has 0 spiro atoms. The predicted octanol–water partition coefficient (Wildman–Crippen LogP) is 4.59. The van der Waals surface area contributed by atoms with Gasteiger partial charge in [0.1, 0.15) is 11.0 Å². The minimum absolute atomic E-state index is 0.203. The molecule has 0 aromatic carbocycles. The minimum Gasteiger partial charge on any atom is -0.477 e. The second-order valence-electron chi connectivity index (χ2n) is 8.04. The lowest BCUT2D eigenvalue weighted by Crippen LogP contribution is -2.09. The van der Waals surface area contributed by atoms with Crippen molar-refractivity contribution in [1.82, 2.24) is 29.7 Å². The van der Waals surface area contributed by atoms with E-state index in [-0.39, 0.29) is 5.92 Å². The average Bonchev–Trinajstić information content (AvgIpc) is 3.35. The van der Waals surface area contributed by atoms with Crippen LogP contribution in [0.3, 0.4) is 0 Å². The summed E-state index contributed by atoms with van der Waals surface area (Å²) in [6, 6.07) is 3.95. The van der Waals surface area contributed by atoms with Crippen LogP contribution in [0, 0.1) is 6.92 Å². The van der Waals surface area contributed by atoms with Crippen LogP contribution in [0.2, 0.25) is 0 Å². The van der Waals surface area contributed by atoms with Gasteiger partial charge in [0.25, 0.3) is 0 Å². The number of H-pyrrole nitrogens is 1. The third-order valence-corrected chi connectivity index (χ3v) is 5.15. The van der Waals surface area contributed by atoms with E-state index in [0.29, 0.717) is 19.0 Å². The lowest BCUT2D eigenvalue weighted by molar-refractivity contribution is 0.306. The van der Waals surface area contributed by atoms with Gasteiger partial charge in [-0.05, 0) is 31.4 Å². The van der Waals surface area contributed by atoms with Crippen LogP contribution in [0.1, 0.15) is 50.1 Å². The third-order valence-electron chi connectivity index (χ3n) is 5.15. The molecule has 2 N–H and O–H groups in total. The number of nitrogens with one attached hydrogen (secondary N) is 2. The number of pyridine rings is 2. The molecule has 0 aliphatic heterocycles. The highest BCUT2D eigenvalue weighted by Gasteiger charge is 2.24. The summed E-state index contributed by atoms with van der Waals surface area (Å²) in [5.41, 5.74) is 7.38. The molecule has 4 aromatic heterocycles. The summed E-state index contributed by atoms with van der Waals surface area (Å²) in [6.07, 6.45) is 6.48. The monoisotopic (exact) mass is 419 g/mol. The molecule has 0 radical (unpaired) electrons. The lowest BCUT2D eigenvalue weighted by Gasteiger charge is -2.20. The van der Waals surface area contributed by atoms with Crippen molar-refractivity contribution in [3.05, 3.63) is 47.8 Å². The largest absolute Gasteiger partial charge is 0.477 e. The molecule has 4 heterocycles. The zero-order valence-corrected chi connectivity index (χ0v) is 18.7. The van der Waals surface area contributed by atoms with Crippen molar-refractivity contribution in [1.29, 1.82) is 0 Å². The molecule has 8 heteroatoms. The van der Waals surface area contributed by atoms with Crippen LogP contribution in [0.15, 0.2) is 30.9 Å². The van der Waals surface area contributed by atoms with E-state index in [1.807, 2.05) is 36.9 Å². The van der Waals surface area contributed by atoms with Crippen LogP contribution in [-0.4, -0.2) is 36.3 Å². The normalized spacial score (nSPS) is 11.4. The van der Waals surface area contributed by atoms with Crippen molar-refractivity contribution < 1.29 is 4.74 Å². The molecule has 0 aliphatic rings. The number of aromatic nitrogens is 6. The van der Waals surface area contributed by atoms with Gasteiger partial charge in [-0.15, -0.1) is 0 Å². The molecule has 0 aliphatic carbocycles. The molecule has 0 bridgehead atoms. The van der Waals surface area contributed by atoms with Gasteiger partial charge < -0.3 is 14.6 Å². The Kier molecular flexibility index (Phi) is 5.88. The van der Waals surface area contributed by atoms with E-state index < -0.39 is 0 Å². The van der Waals surface area contributed by atoms with Gasteiger partial charge in [-0.2, -0.15) is 5.10 Å². The molecule has 31 heavy (non-hydrogen) atoms. The minimum atomic E-state index is 0.203. The van der Waals surface area contributed by atoms with E-state index in [4.69, 9.17) is 9.72 Å². The number of ether oxygens (including phenoxy) is 1. The molecule has 4 rings (SSSR count).